The quantitative estimate of drug-likeness (QED) is 0.878. The predicted octanol–water partition coefficient (Wildman–Crippen LogP) is 1.12. The van der Waals surface area contributed by atoms with Crippen molar-refractivity contribution in [1.82, 2.24) is 25.2 Å². The zero-order chi connectivity index (χ0) is 13.4. The van der Waals surface area contributed by atoms with E-state index in [9.17, 15) is 0 Å². The van der Waals surface area contributed by atoms with Crippen molar-refractivity contribution in [3.63, 3.8) is 0 Å². The molecule has 2 fully saturated rings. The second-order valence-electron chi connectivity index (χ2n) is 5.95. The molecule has 5 heteroatoms. The lowest BCUT2D eigenvalue weighted by molar-refractivity contribution is 0.491. The van der Waals surface area contributed by atoms with E-state index in [0.717, 1.165) is 49.7 Å². The molecule has 2 N–H and O–H groups in total. The van der Waals surface area contributed by atoms with Gasteiger partial charge in [-0.2, -0.15) is 0 Å². The van der Waals surface area contributed by atoms with Gasteiger partial charge in [0.1, 0.15) is 11.3 Å². The monoisotopic (exact) mass is 271 g/mol. The van der Waals surface area contributed by atoms with Gasteiger partial charge in [-0.3, -0.25) is 0 Å². The Morgan fingerprint density at radius 1 is 1.20 bits per heavy atom. The van der Waals surface area contributed by atoms with E-state index in [0.29, 0.717) is 6.04 Å². The van der Waals surface area contributed by atoms with E-state index in [1.807, 2.05) is 12.3 Å². The number of hydrogen-bond acceptors (Lipinski definition) is 4. The van der Waals surface area contributed by atoms with E-state index in [2.05, 4.69) is 26.3 Å². The van der Waals surface area contributed by atoms with Crippen LogP contribution in [0.25, 0.3) is 11.2 Å². The molecule has 5 nitrogen and oxygen atoms in total. The van der Waals surface area contributed by atoms with Crippen LogP contribution in [0, 0.1) is 5.92 Å². The maximum Gasteiger partial charge on any atom is 0.160 e. The summed E-state index contributed by atoms with van der Waals surface area (Å²) < 4.78 is 2.40. The first-order valence-corrected chi connectivity index (χ1v) is 7.65. The number of rotatable bonds is 3. The highest BCUT2D eigenvalue weighted by Crippen LogP contribution is 2.26. The van der Waals surface area contributed by atoms with Gasteiger partial charge in [0.05, 0.1) is 6.04 Å². The van der Waals surface area contributed by atoms with E-state index in [4.69, 9.17) is 4.98 Å². The van der Waals surface area contributed by atoms with Crippen LogP contribution in [0.4, 0.5) is 0 Å². The molecule has 106 valence electrons. The Balaban J connectivity index is 1.74. The van der Waals surface area contributed by atoms with Crippen molar-refractivity contribution < 1.29 is 0 Å². The molecular formula is C15H21N5. The lowest BCUT2D eigenvalue weighted by atomic mass is 10.0. The van der Waals surface area contributed by atoms with Crippen molar-refractivity contribution in [1.29, 1.82) is 0 Å². The molecule has 2 aromatic heterocycles. The number of hydrogen-bond donors (Lipinski definition) is 2. The van der Waals surface area contributed by atoms with Gasteiger partial charge in [-0.05, 0) is 50.5 Å². The van der Waals surface area contributed by atoms with Gasteiger partial charge in [0, 0.05) is 19.2 Å². The minimum atomic E-state index is 0.513. The first kappa shape index (κ1) is 12.3. The second kappa shape index (κ2) is 5.14. The fourth-order valence-electron chi connectivity index (χ4n) is 3.51. The van der Waals surface area contributed by atoms with Crippen LogP contribution in [0.3, 0.4) is 0 Å². The van der Waals surface area contributed by atoms with Crippen molar-refractivity contribution in [2.75, 3.05) is 26.2 Å². The molecule has 0 aliphatic carbocycles. The largest absolute Gasteiger partial charge is 0.316 e. The van der Waals surface area contributed by atoms with Crippen molar-refractivity contribution in [2.45, 2.75) is 25.3 Å². The fraction of sp³-hybridized carbons (Fsp3) is 0.600. The van der Waals surface area contributed by atoms with Gasteiger partial charge < -0.3 is 15.2 Å². The zero-order valence-corrected chi connectivity index (χ0v) is 11.7. The van der Waals surface area contributed by atoms with E-state index in [1.54, 1.807) is 0 Å². The highest BCUT2D eigenvalue weighted by molar-refractivity contribution is 5.71. The molecule has 2 unspecified atom stereocenters. The number of fused-ring (bicyclic) bond motifs is 1. The molecular weight excluding hydrogens is 250 g/mol. The molecule has 0 bridgehead atoms. The Morgan fingerprint density at radius 3 is 2.90 bits per heavy atom. The second-order valence-corrected chi connectivity index (χ2v) is 5.95. The Hall–Kier alpha value is -1.46. The number of aromatic nitrogens is 3. The van der Waals surface area contributed by atoms with Crippen LogP contribution in [0.15, 0.2) is 18.3 Å². The molecule has 2 saturated heterocycles. The number of nitrogens with one attached hydrogen (secondary N) is 2. The molecule has 0 radical (unpaired) electrons. The molecule has 0 aromatic carbocycles. The van der Waals surface area contributed by atoms with Gasteiger partial charge in [0.25, 0.3) is 0 Å². The van der Waals surface area contributed by atoms with E-state index < -0.39 is 0 Å². The van der Waals surface area contributed by atoms with Gasteiger partial charge in [-0.15, -0.1) is 0 Å². The van der Waals surface area contributed by atoms with E-state index >= 15 is 0 Å². The highest BCUT2D eigenvalue weighted by atomic mass is 15.2. The third-order valence-electron chi connectivity index (χ3n) is 4.55. The predicted molar refractivity (Wildman–Crippen MR) is 78.7 cm³/mol. The van der Waals surface area contributed by atoms with E-state index in [1.165, 1.54) is 18.7 Å². The van der Waals surface area contributed by atoms with Crippen LogP contribution in [0.2, 0.25) is 0 Å². The van der Waals surface area contributed by atoms with Crippen LogP contribution in [-0.4, -0.2) is 40.7 Å². The minimum Gasteiger partial charge on any atom is -0.316 e. The lowest BCUT2D eigenvalue weighted by Gasteiger charge is -2.16. The summed E-state index contributed by atoms with van der Waals surface area (Å²) in [4.78, 5) is 9.44. The van der Waals surface area contributed by atoms with Gasteiger partial charge in [-0.25, -0.2) is 9.97 Å². The van der Waals surface area contributed by atoms with Crippen LogP contribution in [0.1, 0.15) is 24.7 Å². The summed E-state index contributed by atoms with van der Waals surface area (Å²) in [6.07, 6.45) is 5.39. The average Bonchev–Trinajstić information content (AvgIpc) is 3.18. The third kappa shape index (κ3) is 2.11. The Kier molecular flexibility index (Phi) is 3.16. The Labute approximate surface area is 118 Å². The molecule has 0 amide bonds. The normalized spacial score (nSPS) is 26.6. The molecule has 2 aromatic rings. The maximum absolute atomic E-state index is 4.87. The summed E-state index contributed by atoms with van der Waals surface area (Å²) in [7, 11) is 0. The van der Waals surface area contributed by atoms with Gasteiger partial charge in [0.15, 0.2) is 5.65 Å². The van der Waals surface area contributed by atoms with Crippen molar-refractivity contribution in [3.05, 3.63) is 24.2 Å². The molecule has 0 saturated carbocycles. The smallest absolute Gasteiger partial charge is 0.160 e. The Bertz CT molecular complexity index is 593. The summed E-state index contributed by atoms with van der Waals surface area (Å²) in [5.74, 6) is 1.95. The van der Waals surface area contributed by atoms with Gasteiger partial charge >= 0.3 is 0 Å². The first-order chi connectivity index (χ1) is 9.92. The van der Waals surface area contributed by atoms with Gasteiger partial charge in [0.2, 0.25) is 0 Å². The third-order valence-corrected chi connectivity index (χ3v) is 4.55. The zero-order valence-electron chi connectivity index (χ0n) is 11.7. The summed E-state index contributed by atoms with van der Waals surface area (Å²) in [6.45, 7) is 4.41. The van der Waals surface area contributed by atoms with Gasteiger partial charge in [-0.1, -0.05) is 0 Å². The van der Waals surface area contributed by atoms with E-state index in [-0.39, 0.29) is 0 Å². The van der Waals surface area contributed by atoms with Crippen molar-refractivity contribution >= 4 is 11.2 Å². The van der Waals surface area contributed by atoms with Crippen molar-refractivity contribution in [3.8, 4) is 0 Å². The van der Waals surface area contributed by atoms with Crippen molar-refractivity contribution in [2.24, 2.45) is 5.92 Å². The number of nitrogens with zero attached hydrogens (tertiary/aromatic N) is 3. The van der Waals surface area contributed by atoms with Crippen LogP contribution >= 0.6 is 0 Å². The average molecular weight is 271 g/mol. The minimum absolute atomic E-state index is 0.513. The van der Waals surface area contributed by atoms with Crippen LogP contribution < -0.4 is 10.6 Å². The summed E-state index contributed by atoms with van der Waals surface area (Å²) in [5, 5.41) is 6.91. The molecule has 20 heavy (non-hydrogen) atoms. The molecule has 0 spiro atoms. The Morgan fingerprint density at radius 2 is 2.10 bits per heavy atom. The number of pyridine rings is 1. The molecule has 4 heterocycles. The maximum atomic E-state index is 4.87. The standard InChI is InChI=1S/C15H21N5/c1-2-13-15(18-5-1)20(12-4-7-17-10-12)14(19-13)8-11-3-6-16-9-11/h1-2,5,11-12,16-17H,3-4,6-10H2. The summed E-state index contributed by atoms with van der Waals surface area (Å²) in [5.41, 5.74) is 2.10. The molecule has 2 aliphatic rings. The number of imidazole rings is 1. The molecule has 4 rings (SSSR count). The summed E-state index contributed by atoms with van der Waals surface area (Å²) >= 11 is 0. The van der Waals surface area contributed by atoms with Crippen LogP contribution in [-0.2, 0) is 6.42 Å². The van der Waals surface area contributed by atoms with Crippen LogP contribution in [0.5, 0.6) is 0 Å². The fourth-order valence-corrected chi connectivity index (χ4v) is 3.51. The molecule has 2 aliphatic heterocycles. The SMILES string of the molecule is c1cnc2c(c1)nc(CC1CCNC1)n2C1CCNC1. The molecule has 2 atom stereocenters. The first-order valence-electron chi connectivity index (χ1n) is 7.65. The summed E-state index contributed by atoms with van der Waals surface area (Å²) in [6, 6.07) is 4.57. The highest BCUT2D eigenvalue weighted by Gasteiger charge is 2.25. The lowest BCUT2D eigenvalue weighted by Crippen LogP contribution is -2.19. The topological polar surface area (TPSA) is 54.8 Å².